The van der Waals surface area contributed by atoms with Crippen LogP contribution in [0.25, 0.3) is 0 Å². The Bertz CT molecular complexity index is 498. The zero-order chi connectivity index (χ0) is 27.0. The maximum Gasteiger partial charge on any atom is 4.00 e. The number of hydrogen-bond donors (Lipinski definition) is 12. The fraction of sp³-hybridized carbons (Fsp3) is 0. The molecule has 12 N–H and O–H groups in total. The van der Waals surface area contributed by atoms with Gasteiger partial charge in [-0.15, -0.1) is 25.2 Å². The van der Waals surface area contributed by atoms with Crippen molar-refractivity contribution in [3.05, 3.63) is 29.7 Å². The molecule has 0 saturated carbocycles. The smallest absolute Gasteiger partial charge is 0.358 e. The quantitative estimate of drug-likeness (QED) is 0.0941. The van der Waals surface area contributed by atoms with Gasteiger partial charge in [0.2, 0.25) is 0 Å². The average Bonchev–Trinajstić information content (AvgIpc) is 1.94. The summed E-state index contributed by atoms with van der Waals surface area (Å²) < 4.78 is 114. The number of hydrogen-bond acceptors (Lipinski definition) is 6. The minimum Gasteiger partial charge on any atom is -0.358 e. The molecule has 0 heterocycles. The van der Waals surface area contributed by atoms with E-state index in [4.69, 9.17) is 86.1 Å². The predicted octanol–water partition coefficient (Wildman–Crippen LogP) is 2.09. The molecule has 0 rings (SSSR count). The molecule has 224 valence electrons. The van der Waals surface area contributed by atoms with E-state index < -0.39 is 47.4 Å². The molecule has 0 unspecified atom stereocenters. The van der Waals surface area contributed by atoms with E-state index in [1.165, 1.54) is 0 Å². The Morgan fingerprint density at radius 2 is 0.286 bits per heavy atom. The molecule has 0 aromatic heterocycles. The molecule has 31 heteroatoms. The first-order valence-electron chi connectivity index (χ1n) is 4.51. The van der Waals surface area contributed by atoms with Crippen molar-refractivity contribution in [3.8, 4) is 0 Å². The summed E-state index contributed by atoms with van der Waals surface area (Å²) in [5, 5.41) is 0. The number of halogens is 6. The molecule has 0 fully saturated rings. The second-order valence-electron chi connectivity index (χ2n) is 2.84. The minimum absolute atomic E-state index is 0. The third-order valence-corrected chi connectivity index (χ3v) is 0. The molecule has 35 heavy (non-hydrogen) atoms. The van der Waals surface area contributed by atoms with Crippen LogP contribution in [0.5, 0.6) is 0 Å². The van der Waals surface area contributed by atoms with E-state index >= 15 is 0 Å². The van der Waals surface area contributed by atoms with Gasteiger partial charge in [-0.25, -0.2) is 27.4 Å². The van der Waals surface area contributed by atoms with Crippen LogP contribution in [0.3, 0.4) is 0 Å². The molecule has 0 bridgehead atoms. The van der Waals surface area contributed by atoms with Gasteiger partial charge in [0.15, 0.2) is 0 Å². The molecule has 0 aliphatic heterocycles. The van der Waals surface area contributed by atoms with E-state index in [1.807, 2.05) is 0 Å². The molecule has 0 saturated heterocycles. The molecule has 0 radical (unpaired) electrons. The molecule has 0 spiro atoms. The molecule has 0 aliphatic carbocycles. The number of rotatable bonds is 0. The molecule has 18 nitrogen and oxygen atoms in total. The van der Waals surface area contributed by atoms with E-state index in [9.17, 15) is 25.2 Å². The molecule has 0 atom stereocenters. The zero-order valence-electron chi connectivity index (χ0n) is 17.3. The van der Waals surface area contributed by atoms with Crippen LogP contribution in [0.15, 0.2) is 0 Å². The average molecular weight is 898 g/mol. The van der Waals surface area contributed by atoms with Gasteiger partial charge in [-0.2, -0.15) is 0 Å². The molecular weight excluding hydrogens is 874 g/mol. The monoisotopic (exact) mass is 898 g/mol. The molecule has 0 aromatic rings. The van der Waals surface area contributed by atoms with Crippen molar-refractivity contribution < 1.29 is 142 Å². The van der Waals surface area contributed by atoms with Crippen molar-refractivity contribution in [3.63, 3.8) is 0 Å². The van der Waals surface area contributed by atoms with Crippen molar-refractivity contribution in [1.82, 2.24) is 0 Å². The van der Waals surface area contributed by atoms with Gasteiger partial charge in [-0.3, -0.25) is 58.7 Å². The summed E-state index contributed by atoms with van der Waals surface area (Å²) in [5.41, 5.74) is 0. The van der Waals surface area contributed by atoms with E-state index in [-0.39, 0.29) is 60.8 Å². The minimum atomic E-state index is -5.14. The Kier molecular flexibility index (Phi) is 60.8. The Morgan fingerprint density at radius 3 is 0.286 bits per heavy atom. The van der Waals surface area contributed by atoms with Gasteiger partial charge in [0, 0.05) is 0 Å². The summed E-state index contributed by atoms with van der Waals surface area (Å²) >= 11 is 0. The van der Waals surface area contributed by atoms with Crippen LogP contribution in [0.4, 0.5) is 25.2 Å². The first-order chi connectivity index (χ1) is 12.0. The van der Waals surface area contributed by atoms with Gasteiger partial charge in [0.25, 0.3) is 0 Å². The van der Waals surface area contributed by atoms with Crippen LogP contribution in [-0.4, -0.2) is 58.7 Å². The third-order valence-electron chi connectivity index (χ3n) is 0. The van der Waals surface area contributed by atoms with Crippen molar-refractivity contribution in [1.29, 1.82) is 0 Å². The zero-order valence-corrected chi connectivity index (χ0v) is 26.8. The summed E-state index contributed by atoms with van der Waals surface area (Å²) in [6.07, 6.45) is 0. The van der Waals surface area contributed by atoms with Crippen molar-refractivity contribution >= 4 is 47.4 Å². The summed E-state index contributed by atoms with van der Waals surface area (Å²) in [4.78, 5) is 83.6. The summed E-state index contributed by atoms with van der Waals surface area (Å²) in [5.74, 6) is 0. The second kappa shape index (κ2) is 30.1. The van der Waals surface area contributed by atoms with Crippen molar-refractivity contribution in [2.45, 2.75) is 0 Å². The summed E-state index contributed by atoms with van der Waals surface area (Å²) in [7, 11) is -30.8. The van der Waals surface area contributed by atoms with Gasteiger partial charge >= 0.3 is 78.6 Å². The predicted molar refractivity (Wildman–Crippen MR) is 105 cm³/mol. The van der Waals surface area contributed by atoms with E-state index in [1.54, 1.807) is 0 Å². The first-order valence-corrected chi connectivity index (χ1v) is 13.5. The Hall–Kier alpha value is 1.53. The van der Waals surface area contributed by atoms with E-state index in [0.29, 0.717) is 0 Å². The van der Waals surface area contributed by atoms with Gasteiger partial charge in [0.05, 0.1) is 0 Å². The molecule has 0 aromatic carbocycles. The first kappa shape index (κ1) is 70.8. The Labute approximate surface area is 219 Å². The Balaban J connectivity index is -0.0000000213. The van der Waals surface area contributed by atoms with Gasteiger partial charge in [-0.1, -0.05) is 0 Å². The standard InChI is InChI=1S/4CH3.6FH2O3P.U/c;;;;6*1-5(2,3)4;/h4*1H3;6*(H2,2,3,4);/q4*-1;;;;;;;+4. The van der Waals surface area contributed by atoms with Crippen LogP contribution in [0, 0.1) is 60.8 Å². The van der Waals surface area contributed by atoms with Crippen molar-refractivity contribution in [2.75, 3.05) is 0 Å². The van der Waals surface area contributed by atoms with Gasteiger partial charge in [0.1, 0.15) is 0 Å². The normalized spacial score (nSPS) is 10.1. The van der Waals surface area contributed by atoms with Gasteiger partial charge in [-0.05, 0) is 0 Å². The topological polar surface area (TPSA) is 345 Å². The summed E-state index contributed by atoms with van der Waals surface area (Å²) in [6, 6.07) is 0. The van der Waals surface area contributed by atoms with Gasteiger partial charge < -0.3 is 29.7 Å². The summed E-state index contributed by atoms with van der Waals surface area (Å²) in [6.45, 7) is 0. The van der Waals surface area contributed by atoms with E-state index in [2.05, 4.69) is 0 Å². The molecular formula is C4H24F6O18P6U. The van der Waals surface area contributed by atoms with Crippen LogP contribution < -0.4 is 0 Å². The largest absolute Gasteiger partial charge is 4.00 e. The molecule has 0 aliphatic rings. The van der Waals surface area contributed by atoms with Crippen LogP contribution in [0.2, 0.25) is 0 Å². The third kappa shape index (κ3) is 17000. The maximum absolute atomic E-state index is 10.4. The maximum atomic E-state index is 10.4. The van der Waals surface area contributed by atoms with Crippen LogP contribution in [-0.2, 0) is 27.4 Å². The van der Waals surface area contributed by atoms with Crippen molar-refractivity contribution in [2.24, 2.45) is 0 Å². The van der Waals surface area contributed by atoms with E-state index in [0.717, 1.165) is 0 Å². The SMILES string of the molecule is O=P(O)(O)F.O=P(O)(O)F.O=P(O)(O)F.O=P(O)(O)F.O=P(O)(O)F.O=P(O)(O)F.[CH3-].[CH3-].[CH3-].[CH3-].[U+4]. The second-order valence-corrected chi connectivity index (χ2v) is 8.51. The molecule has 0 amide bonds. The Morgan fingerprint density at radius 1 is 0.286 bits per heavy atom. The van der Waals surface area contributed by atoms with Crippen LogP contribution in [0.1, 0.15) is 0 Å². The van der Waals surface area contributed by atoms with Crippen LogP contribution >= 0.6 is 47.4 Å². The fourth-order valence-corrected chi connectivity index (χ4v) is 0. The fourth-order valence-electron chi connectivity index (χ4n) is 0.